The molecule has 3 aromatic carbocycles. The lowest BCUT2D eigenvalue weighted by Crippen LogP contribution is -1.98. The molecule has 11 heteroatoms. The molecule has 0 fully saturated rings. The number of carboxylic acids is 1. The predicted molar refractivity (Wildman–Crippen MR) is 132 cm³/mol. The number of hydrogen-bond acceptors (Lipinski definition) is 7. The summed E-state index contributed by atoms with van der Waals surface area (Å²) in [5.74, 6) is -0.746. The summed E-state index contributed by atoms with van der Waals surface area (Å²) >= 11 is 8.13. The number of aromatic amines is 1. The number of nitro groups is 1. The molecular weight excluding hydrogens is 496 g/mol. The molecule has 1 aromatic heterocycles. The Balaban J connectivity index is 1.67. The van der Waals surface area contributed by atoms with Crippen LogP contribution in [0, 0.1) is 10.1 Å². The number of hydrogen-bond donors (Lipinski definition) is 2. The van der Waals surface area contributed by atoms with Crippen LogP contribution in [0.4, 0.5) is 5.69 Å². The molecule has 0 unspecified atom stereocenters. The molecule has 0 spiro atoms. The number of rotatable bonds is 8. The molecule has 2 N–H and O–H groups in total. The molecule has 1 heterocycles. The van der Waals surface area contributed by atoms with E-state index in [0.29, 0.717) is 21.3 Å². The van der Waals surface area contributed by atoms with Crippen LogP contribution in [-0.4, -0.2) is 31.2 Å². The maximum atomic E-state index is 12.0. The van der Waals surface area contributed by atoms with Gasteiger partial charge in [-0.25, -0.2) is 9.78 Å². The Bertz CT molecular complexity index is 1380. The number of nitrogens with one attached hydrogen (secondary N) is 1. The van der Waals surface area contributed by atoms with E-state index in [2.05, 4.69) is 15.2 Å². The second-order valence-corrected chi connectivity index (χ2v) is 9.34. The van der Waals surface area contributed by atoms with Crippen LogP contribution in [0.25, 0.3) is 17.5 Å². The summed E-state index contributed by atoms with van der Waals surface area (Å²) in [5, 5.41) is 28.8. The van der Waals surface area contributed by atoms with Gasteiger partial charge in [-0.15, -0.1) is 5.10 Å². The average molecular weight is 511 g/mol. The normalized spacial score (nSPS) is 11.4. The van der Waals surface area contributed by atoms with Gasteiger partial charge in [0.2, 0.25) is 5.16 Å². The molecule has 0 aliphatic rings. The molecule has 8 nitrogen and oxygen atoms in total. The summed E-state index contributed by atoms with van der Waals surface area (Å²) < 4.78 is 0. The van der Waals surface area contributed by atoms with E-state index in [-0.39, 0.29) is 15.7 Å². The number of nitrogens with zero attached hydrogens (tertiary/aromatic N) is 3. The smallest absolute Gasteiger partial charge is 0.342 e. The number of H-pyrrole nitrogens is 1. The molecule has 0 saturated carbocycles. The second kappa shape index (κ2) is 10.6. The van der Waals surface area contributed by atoms with Crippen LogP contribution in [-0.2, 0) is 4.79 Å². The van der Waals surface area contributed by atoms with E-state index in [9.17, 15) is 20.0 Å². The monoisotopic (exact) mass is 510 g/mol. The number of carbonyl (C=O) groups is 1. The number of aliphatic carboxylic acids is 1. The molecule has 34 heavy (non-hydrogen) atoms. The van der Waals surface area contributed by atoms with Crippen molar-refractivity contribution in [1.82, 2.24) is 15.2 Å². The van der Waals surface area contributed by atoms with Crippen molar-refractivity contribution >= 4 is 52.9 Å². The van der Waals surface area contributed by atoms with E-state index in [1.165, 1.54) is 30.0 Å². The molecule has 0 aliphatic carbocycles. The summed E-state index contributed by atoms with van der Waals surface area (Å²) in [6.45, 7) is 0. The Morgan fingerprint density at radius 2 is 1.82 bits per heavy atom. The molecular formula is C23H15ClN4O4S2. The zero-order chi connectivity index (χ0) is 24.1. The minimum atomic E-state index is -1.20. The van der Waals surface area contributed by atoms with E-state index >= 15 is 0 Å². The maximum Gasteiger partial charge on any atom is 0.342 e. The molecule has 0 aliphatic heterocycles. The second-order valence-electron chi connectivity index (χ2n) is 6.78. The van der Waals surface area contributed by atoms with Crippen molar-refractivity contribution < 1.29 is 14.8 Å². The third-order valence-electron chi connectivity index (χ3n) is 4.46. The number of aromatic nitrogens is 3. The predicted octanol–water partition coefficient (Wildman–Crippen LogP) is 6.40. The van der Waals surface area contributed by atoms with Crippen molar-refractivity contribution in [2.75, 3.05) is 0 Å². The van der Waals surface area contributed by atoms with E-state index in [1.807, 2.05) is 30.3 Å². The van der Waals surface area contributed by atoms with E-state index in [1.54, 1.807) is 30.3 Å². The summed E-state index contributed by atoms with van der Waals surface area (Å²) in [6, 6.07) is 20.8. The van der Waals surface area contributed by atoms with Gasteiger partial charge >= 0.3 is 5.97 Å². The number of non-ortho nitro benzene ring substituents is 1. The molecule has 4 rings (SSSR count). The molecule has 4 aromatic rings. The van der Waals surface area contributed by atoms with Gasteiger partial charge in [0, 0.05) is 32.5 Å². The van der Waals surface area contributed by atoms with Crippen molar-refractivity contribution in [2.24, 2.45) is 0 Å². The first-order chi connectivity index (χ1) is 16.4. The van der Waals surface area contributed by atoms with Crippen molar-refractivity contribution in [1.29, 1.82) is 0 Å². The van der Waals surface area contributed by atoms with Crippen LogP contribution in [0.15, 0.2) is 92.6 Å². The van der Waals surface area contributed by atoms with Gasteiger partial charge < -0.3 is 5.11 Å². The molecule has 0 atom stereocenters. The van der Waals surface area contributed by atoms with Crippen LogP contribution < -0.4 is 0 Å². The SMILES string of the molecule is O=C(O)/C(=C\c1cc([N+](=O)[O-])ccc1Sc1ccccc1)Sc1n[nH]c(-c2ccc(Cl)cc2)n1. The molecule has 0 radical (unpaired) electrons. The highest BCUT2D eigenvalue weighted by Gasteiger charge is 2.17. The highest BCUT2D eigenvalue weighted by atomic mass is 35.5. The minimum Gasteiger partial charge on any atom is -0.477 e. The van der Waals surface area contributed by atoms with Gasteiger partial charge in [0.1, 0.15) is 4.91 Å². The minimum absolute atomic E-state index is 0.0861. The van der Waals surface area contributed by atoms with Crippen LogP contribution in [0.3, 0.4) is 0 Å². The van der Waals surface area contributed by atoms with Crippen LogP contribution in [0.5, 0.6) is 0 Å². The number of carboxylic acid groups (broad SMARTS) is 1. The lowest BCUT2D eigenvalue weighted by Gasteiger charge is -2.07. The first-order valence-corrected chi connectivity index (χ1v) is 11.7. The fourth-order valence-corrected chi connectivity index (χ4v) is 4.62. The summed E-state index contributed by atoms with van der Waals surface area (Å²) in [4.78, 5) is 28.6. The third kappa shape index (κ3) is 5.84. The largest absolute Gasteiger partial charge is 0.477 e. The maximum absolute atomic E-state index is 12.0. The van der Waals surface area contributed by atoms with E-state index in [4.69, 9.17) is 11.6 Å². The van der Waals surface area contributed by atoms with Crippen molar-refractivity contribution in [3.8, 4) is 11.4 Å². The highest BCUT2D eigenvalue weighted by Crippen LogP contribution is 2.36. The lowest BCUT2D eigenvalue weighted by molar-refractivity contribution is -0.384. The van der Waals surface area contributed by atoms with Gasteiger partial charge in [0.05, 0.1) is 4.92 Å². The van der Waals surface area contributed by atoms with Crippen molar-refractivity contribution in [3.63, 3.8) is 0 Å². The third-order valence-corrected chi connectivity index (χ3v) is 6.69. The van der Waals surface area contributed by atoms with Crippen molar-refractivity contribution in [2.45, 2.75) is 14.9 Å². The fraction of sp³-hybridized carbons (Fsp3) is 0. The van der Waals surface area contributed by atoms with Gasteiger partial charge in [0.15, 0.2) is 5.82 Å². The molecule has 170 valence electrons. The Kier molecular flexibility index (Phi) is 7.31. The quantitative estimate of drug-likeness (QED) is 0.121. The first kappa shape index (κ1) is 23.6. The zero-order valence-corrected chi connectivity index (χ0v) is 19.6. The molecule has 0 amide bonds. The van der Waals surface area contributed by atoms with E-state index in [0.717, 1.165) is 22.2 Å². The van der Waals surface area contributed by atoms with Crippen molar-refractivity contribution in [3.05, 3.63) is 98.4 Å². The Hall–Kier alpha value is -3.60. The van der Waals surface area contributed by atoms with Gasteiger partial charge in [-0.3, -0.25) is 15.2 Å². The molecule has 0 bridgehead atoms. The zero-order valence-electron chi connectivity index (χ0n) is 17.2. The van der Waals surface area contributed by atoms with Gasteiger partial charge in [-0.1, -0.05) is 41.6 Å². The lowest BCUT2D eigenvalue weighted by atomic mass is 10.2. The Morgan fingerprint density at radius 3 is 2.50 bits per heavy atom. The fourth-order valence-electron chi connectivity index (χ4n) is 2.87. The number of benzene rings is 3. The van der Waals surface area contributed by atoms with Gasteiger partial charge in [-0.05, 0) is 65.9 Å². The van der Waals surface area contributed by atoms with Crippen LogP contribution >= 0.6 is 35.1 Å². The topological polar surface area (TPSA) is 122 Å². The number of thioether (sulfide) groups is 1. The Labute approximate surface area is 207 Å². The van der Waals surface area contributed by atoms with Crippen LogP contribution in [0.2, 0.25) is 5.02 Å². The summed E-state index contributed by atoms with van der Waals surface area (Å²) in [6.07, 6.45) is 1.39. The number of nitro benzene ring substituents is 1. The molecule has 0 saturated heterocycles. The van der Waals surface area contributed by atoms with Gasteiger partial charge in [-0.2, -0.15) is 0 Å². The number of halogens is 1. The average Bonchev–Trinajstić information content (AvgIpc) is 3.29. The highest BCUT2D eigenvalue weighted by molar-refractivity contribution is 8.04. The van der Waals surface area contributed by atoms with Crippen LogP contribution in [0.1, 0.15) is 5.56 Å². The summed E-state index contributed by atoms with van der Waals surface area (Å²) in [5.41, 5.74) is 1.01. The standard InChI is InChI=1S/C23H15ClN4O4S2/c24-16-8-6-14(7-9-16)21-25-23(27-26-21)34-20(22(29)30)13-15-12-17(28(31)32)10-11-19(15)33-18-4-2-1-3-5-18/h1-13H,(H,29,30)(H,25,26,27)/b20-13+. The van der Waals surface area contributed by atoms with E-state index < -0.39 is 10.9 Å². The summed E-state index contributed by atoms with van der Waals surface area (Å²) in [7, 11) is 0. The Morgan fingerprint density at radius 1 is 1.09 bits per heavy atom. The van der Waals surface area contributed by atoms with Gasteiger partial charge in [0.25, 0.3) is 5.69 Å². The first-order valence-electron chi connectivity index (χ1n) is 9.71.